The minimum Gasteiger partial charge on any atom is -0.339 e. The maximum atomic E-state index is 14.6. The summed E-state index contributed by atoms with van der Waals surface area (Å²) in [6, 6.07) is 3.50. The SMILES string of the molecule is C[C@H](c1nc(-c2ccc(S(=O)(=O)C[14CH3])cc2Cl)no1)[C@H](N)C(F)=C1CCCC1. The number of nitrogens with zero attached hydrogens (tertiary/aromatic N) is 2. The van der Waals surface area contributed by atoms with E-state index in [2.05, 4.69) is 10.1 Å². The molecule has 2 N–H and O–H groups in total. The van der Waals surface area contributed by atoms with Crippen LogP contribution in [0.4, 0.5) is 4.39 Å². The van der Waals surface area contributed by atoms with E-state index in [0.717, 1.165) is 31.3 Å². The van der Waals surface area contributed by atoms with Crippen molar-refractivity contribution in [3.8, 4) is 11.4 Å². The Morgan fingerprint density at radius 3 is 2.68 bits per heavy atom. The lowest BCUT2D eigenvalue weighted by atomic mass is 9.98. The van der Waals surface area contributed by atoms with Crippen LogP contribution in [-0.2, 0) is 9.84 Å². The topological polar surface area (TPSA) is 99.1 Å². The molecule has 1 fully saturated rings. The van der Waals surface area contributed by atoms with Gasteiger partial charge in [-0.3, -0.25) is 0 Å². The zero-order valence-electron chi connectivity index (χ0n) is 15.8. The van der Waals surface area contributed by atoms with Crippen molar-refractivity contribution in [1.82, 2.24) is 10.1 Å². The van der Waals surface area contributed by atoms with Crippen LogP contribution in [0.5, 0.6) is 0 Å². The molecule has 1 aliphatic carbocycles. The molecule has 1 aromatic heterocycles. The number of hydrogen-bond acceptors (Lipinski definition) is 6. The Labute approximate surface area is 168 Å². The molecule has 0 unspecified atom stereocenters. The zero-order valence-corrected chi connectivity index (χ0v) is 17.4. The van der Waals surface area contributed by atoms with Crippen molar-refractivity contribution in [2.45, 2.75) is 56.4 Å². The highest BCUT2D eigenvalue weighted by molar-refractivity contribution is 7.91. The summed E-state index contributed by atoms with van der Waals surface area (Å²) in [5, 5.41) is 4.10. The van der Waals surface area contributed by atoms with Crippen molar-refractivity contribution in [3.63, 3.8) is 0 Å². The fourth-order valence-corrected chi connectivity index (χ4v) is 4.45. The predicted octanol–water partition coefficient (Wildman–Crippen LogP) is 4.41. The fraction of sp³-hybridized carbons (Fsp3) is 0.474. The van der Waals surface area contributed by atoms with Gasteiger partial charge in [-0.25, -0.2) is 12.8 Å². The molecule has 1 heterocycles. The number of sulfone groups is 1. The molecule has 1 aromatic carbocycles. The molecule has 0 radical (unpaired) electrons. The van der Waals surface area contributed by atoms with Gasteiger partial charge in [-0.05, 0) is 49.5 Å². The third-order valence-electron chi connectivity index (χ3n) is 5.13. The molecule has 28 heavy (non-hydrogen) atoms. The molecule has 152 valence electrons. The lowest BCUT2D eigenvalue weighted by molar-refractivity contribution is 0.338. The monoisotopic (exact) mass is 429 g/mol. The largest absolute Gasteiger partial charge is 0.339 e. The van der Waals surface area contributed by atoms with Crippen LogP contribution in [0.15, 0.2) is 39.0 Å². The summed E-state index contributed by atoms with van der Waals surface area (Å²) in [5.74, 6) is -0.415. The van der Waals surface area contributed by atoms with E-state index >= 15 is 0 Å². The van der Waals surface area contributed by atoms with Crippen LogP contribution in [0, 0.1) is 0 Å². The zero-order chi connectivity index (χ0) is 20.5. The summed E-state index contributed by atoms with van der Waals surface area (Å²) >= 11 is 6.24. The third kappa shape index (κ3) is 4.14. The second-order valence-electron chi connectivity index (χ2n) is 6.97. The highest BCUT2D eigenvalue weighted by Gasteiger charge is 2.28. The van der Waals surface area contributed by atoms with E-state index in [1.807, 2.05) is 0 Å². The first-order valence-corrected chi connectivity index (χ1v) is 11.3. The number of aromatic nitrogens is 2. The molecule has 3 rings (SSSR count). The molecule has 9 heteroatoms. The Morgan fingerprint density at radius 2 is 2.07 bits per heavy atom. The molecule has 0 bridgehead atoms. The minimum atomic E-state index is -3.37. The summed E-state index contributed by atoms with van der Waals surface area (Å²) in [5.41, 5.74) is 7.29. The average Bonchev–Trinajstić information content (AvgIpc) is 3.38. The van der Waals surface area contributed by atoms with Crippen molar-refractivity contribution in [2.75, 3.05) is 5.75 Å². The number of nitrogens with two attached hydrogens (primary N) is 1. The van der Waals surface area contributed by atoms with E-state index in [9.17, 15) is 12.8 Å². The van der Waals surface area contributed by atoms with Gasteiger partial charge >= 0.3 is 0 Å². The van der Waals surface area contributed by atoms with Gasteiger partial charge in [0.1, 0.15) is 5.83 Å². The van der Waals surface area contributed by atoms with Gasteiger partial charge in [-0.2, -0.15) is 4.98 Å². The van der Waals surface area contributed by atoms with Crippen LogP contribution >= 0.6 is 11.6 Å². The Bertz CT molecular complexity index is 996. The van der Waals surface area contributed by atoms with Crippen molar-refractivity contribution in [3.05, 3.63) is 40.5 Å². The number of allylic oxidation sites excluding steroid dienone is 1. The molecule has 2 atom stereocenters. The molecule has 0 amide bonds. The lowest BCUT2D eigenvalue weighted by Crippen LogP contribution is -2.28. The van der Waals surface area contributed by atoms with Crippen LogP contribution in [0.1, 0.15) is 51.3 Å². The van der Waals surface area contributed by atoms with Crippen LogP contribution in [0.25, 0.3) is 11.4 Å². The van der Waals surface area contributed by atoms with Crippen molar-refractivity contribution in [1.29, 1.82) is 0 Å². The molecule has 1 aliphatic rings. The highest BCUT2D eigenvalue weighted by Crippen LogP contribution is 2.33. The van der Waals surface area contributed by atoms with Crippen LogP contribution < -0.4 is 5.73 Å². The van der Waals surface area contributed by atoms with E-state index in [-0.39, 0.29) is 33.2 Å². The first-order valence-electron chi connectivity index (χ1n) is 9.24. The Morgan fingerprint density at radius 1 is 1.39 bits per heavy atom. The summed E-state index contributed by atoms with van der Waals surface area (Å²) in [4.78, 5) is 4.43. The molecule has 2 aromatic rings. The van der Waals surface area contributed by atoms with E-state index in [0.29, 0.717) is 5.56 Å². The van der Waals surface area contributed by atoms with Gasteiger partial charge in [0.2, 0.25) is 11.7 Å². The van der Waals surface area contributed by atoms with Gasteiger partial charge in [0.15, 0.2) is 9.84 Å². The Hall–Kier alpha value is -1.77. The van der Waals surface area contributed by atoms with Crippen molar-refractivity contribution >= 4 is 21.4 Å². The summed E-state index contributed by atoms with van der Waals surface area (Å²) in [6.45, 7) is 3.29. The first-order chi connectivity index (χ1) is 13.2. The average molecular weight is 430 g/mol. The second-order valence-corrected chi connectivity index (χ2v) is 9.66. The van der Waals surface area contributed by atoms with E-state index in [1.54, 1.807) is 13.8 Å². The van der Waals surface area contributed by atoms with Gasteiger partial charge < -0.3 is 10.3 Å². The molecule has 0 aliphatic heterocycles. The third-order valence-corrected chi connectivity index (χ3v) is 7.17. The maximum absolute atomic E-state index is 14.6. The van der Waals surface area contributed by atoms with Crippen molar-refractivity contribution in [2.24, 2.45) is 5.73 Å². The first kappa shape index (κ1) is 21.0. The number of rotatable bonds is 6. The van der Waals surface area contributed by atoms with Crippen LogP contribution in [0.2, 0.25) is 5.02 Å². The molecular weight excluding hydrogens is 407 g/mol. The highest BCUT2D eigenvalue weighted by atomic mass is 35.5. The van der Waals surface area contributed by atoms with Gasteiger partial charge in [-0.1, -0.05) is 30.6 Å². The maximum Gasteiger partial charge on any atom is 0.231 e. The van der Waals surface area contributed by atoms with Gasteiger partial charge in [0.05, 0.1) is 27.6 Å². The van der Waals surface area contributed by atoms with E-state index in [4.69, 9.17) is 21.9 Å². The molecule has 0 spiro atoms. The summed E-state index contributed by atoms with van der Waals surface area (Å²) < 4.78 is 43.8. The quantitative estimate of drug-likeness (QED) is 0.730. The predicted molar refractivity (Wildman–Crippen MR) is 105 cm³/mol. The standard InChI is InChI=1S/C19H23ClFN3O3S/c1-3-28(25,26)13-8-9-14(15(20)10-13)18-23-19(27-24-18)11(2)17(22)16(21)12-6-4-5-7-12/h8-11,17H,3-7,22H2,1-2H3/t11-,17-/m0/s1/i1+2. The van der Waals surface area contributed by atoms with Gasteiger partial charge in [0.25, 0.3) is 0 Å². The number of halogens is 2. The Balaban J connectivity index is 1.85. The minimum absolute atomic E-state index is 0.0223. The van der Waals surface area contributed by atoms with E-state index < -0.39 is 21.8 Å². The molecule has 6 nitrogen and oxygen atoms in total. The number of benzene rings is 1. The lowest BCUT2D eigenvalue weighted by Gasteiger charge is -2.16. The smallest absolute Gasteiger partial charge is 0.231 e. The molecular formula is C19H23ClFN3O3S. The molecule has 1 saturated carbocycles. The van der Waals surface area contributed by atoms with Gasteiger partial charge in [-0.15, -0.1) is 0 Å². The summed E-state index contributed by atoms with van der Waals surface area (Å²) in [7, 11) is -3.37. The van der Waals surface area contributed by atoms with Crippen molar-refractivity contribution < 1.29 is 17.3 Å². The van der Waals surface area contributed by atoms with E-state index in [1.165, 1.54) is 18.2 Å². The Kier molecular flexibility index (Phi) is 6.21. The summed E-state index contributed by atoms with van der Waals surface area (Å²) in [6.07, 6.45) is 3.45. The number of hydrogen-bond donors (Lipinski definition) is 1. The normalized spacial score (nSPS) is 17.0. The second kappa shape index (κ2) is 8.31. The fourth-order valence-electron chi connectivity index (χ4n) is 3.22. The van der Waals surface area contributed by atoms with Crippen LogP contribution in [-0.4, -0.2) is 30.4 Å². The molecule has 0 saturated heterocycles. The van der Waals surface area contributed by atoms with Gasteiger partial charge in [0, 0.05) is 5.56 Å². The van der Waals surface area contributed by atoms with Crippen LogP contribution in [0.3, 0.4) is 0 Å².